The van der Waals surface area contributed by atoms with Crippen molar-refractivity contribution in [3.8, 4) is 5.75 Å². The van der Waals surface area contributed by atoms with Crippen molar-refractivity contribution in [1.82, 2.24) is 5.32 Å². The van der Waals surface area contributed by atoms with Gasteiger partial charge in [0, 0.05) is 20.2 Å². The van der Waals surface area contributed by atoms with Crippen molar-refractivity contribution in [2.24, 2.45) is 5.73 Å². The molecule has 0 bridgehead atoms. The van der Waals surface area contributed by atoms with Crippen molar-refractivity contribution < 1.29 is 14.3 Å². The minimum atomic E-state index is -0.354. The second-order valence-electron chi connectivity index (χ2n) is 3.88. The first kappa shape index (κ1) is 14.5. The van der Waals surface area contributed by atoms with Gasteiger partial charge in [0.1, 0.15) is 5.75 Å². The number of rotatable bonds is 9. The average molecular weight is 252 g/mol. The number of amides is 1. The monoisotopic (exact) mass is 252 g/mol. The van der Waals surface area contributed by atoms with Gasteiger partial charge in [0.15, 0.2) is 0 Å². The number of nitrogens with two attached hydrogens (primary N) is 1. The molecule has 1 rings (SSSR count). The lowest BCUT2D eigenvalue weighted by atomic mass is 10.2. The van der Waals surface area contributed by atoms with Crippen LogP contribution in [-0.2, 0) is 16.1 Å². The van der Waals surface area contributed by atoms with Crippen LogP contribution in [0.3, 0.4) is 0 Å². The number of ether oxygens (including phenoxy) is 2. The first-order valence-corrected chi connectivity index (χ1v) is 5.92. The van der Waals surface area contributed by atoms with Gasteiger partial charge in [-0.3, -0.25) is 4.79 Å². The van der Waals surface area contributed by atoms with Crippen LogP contribution in [0.25, 0.3) is 0 Å². The maximum absolute atomic E-state index is 10.6. The highest BCUT2D eigenvalue weighted by Gasteiger charge is 1.99. The zero-order valence-electron chi connectivity index (χ0n) is 10.6. The SMILES string of the molecule is COCCNCc1cccc(OCCC(N)=O)c1. The summed E-state index contributed by atoms with van der Waals surface area (Å²) in [6.45, 7) is 2.57. The molecular formula is C13H20N2O3. The van der Waals surface area contributed by atoms with Crippen molar-refractivity contribution in [1.29, 1.82) is 0 Å². The topological polar surface area (TPSA) is 73.6 Å². The van der Waals surface area contributed by atoms with E-state index < -0.39 is 0 Å². The summed E-state index contributed by atoms with van der Waals surface area (Å²) >= 11 is 0. The predicted molar refractivity (Wildman–Crippen MR) is 69.3 cm³/mol. The van der Waals surface area contributed by atoms with Crippen LogP contribution in [0.4, 0.5) is 0 Å². The molecule has 1 aromatic rings. The average Bonchev–Trinajstić information content (AvgIpc) is 2.35. The van der Waals surface area contributed by atoms with E-state index in [1.165, 1.54) is 0 Å². The molecule has 0 aliphatic carbocycles. The number of hydrogen-bond acceptors (Lipinski definition) is 4. The molecule has 0 radical (unpaired) electrons. The van der Waals surface area contributed by atoms with Crippen molar-refractivity contribution in [3.63, 3.8) is 0 Å². The minimum Gasteiger partial charge on any atom is -0.493 e. The number of benzene rings is 1. The molecule has 1 amide bonds. The van der Waals surface area contributed by atoms with Crippen molar-refractivity contribution in [2.75, 3.05) is 26.9 Å². The Morgan fingerprint density at radius 3 is 2.94 bits per heavy atom. The van der Waals surface area contributed by atoms with Gasteiger partial charge < -0.3 is 20.5 Å². The number of hydrogen-bond donors (Lipinski definition) is 2. The lowest BCUT2D eigenvalue weighted by Gasteiger charge is -2.08. The summed E-state index contributed by atoms with van der Waals surface area (Å²) in [5.74, 6) is 0.398. The molecule has 0 fully saturated rings. The van der Waals surface area contributed by atoms with Crippen LogP contribution in [0, 0.1) is 0 Å². The Bertz CT molecular complexity index is 369. The summed E-state index contributed by atoms with van der Waals surface area (Å²) in [4.78, 5) is 10.6. The Morgan fingerprint density at radius 1 is 1.39 bits per heavy atom. The molecule has 0 aliphatic heterocycles. The molecule has 0 spiro atoms. The summed E-state index contributed by atoms with van der Waals surface area (Å²) in [5, 5.41) is 3.25. The highest BCUT2D eigenvalue weighted by atomic mass is 16.5. The lowest BCUT2D eigenvalue weighted by Crippen LogP contribution is -2.18. The van der Waals surface area contributed by atoms with E-state index in [0.717, 1.165) is 24.4 Å². The molecule has 0 saturated carbocycles. The Labute approximate surface area is 107 Å². The lowest BCUT2D eigenvalue weighted by molar-refractivity contribution is -0.118. The first-order chi connectivity index (χ1) is 8.72. The van der Waals surface area contributed by atoms with Gasteiger partial charge in [-0.25, -0.2) is 0 Å². The normalized spacial score (nSPS) is 10.3. The molecule has 3 N–H and O–H groups in total. The van der Waals surface area contributed by atoms with Crippen molar-refractivity contribution in [2.45, 2.75) is 13.0 Å². The van der Waals surface area contributed by atoms with Gasteiger partial charge in [-0.1, -0.05) is 12.1 Å². The van der Waals surface area contributed by atoms with E-state index in [-0.39, 0.29) is 12.3 Å². The van der Waals surface area contributed by atoms with Crippen LogP contribution in [0.2, 0.25) is 0 Å². The fourth-order valence-corrected chi connectivity index (χ4v) is 1.42. The Hall–Kier alpha value is -1.59. The quantitative estimate of drug-likeness (QED) is 0.634. The summed E-state index contributed by atoms with van der Waals surface area (Å²) in [7, 11) is 1.68. The highest BCUT2D eigenvalue weighted by Crippen LogP contribution is 2.13. The van der Waals surface area contributed by atoms with Gasteiger partial charge in [-0.05, 0) is 17.7 Å². The molecule has 5 nitrogen and oxygen atoms in total. The summed E-state index contributed by atoms with van der Waals surface area (Å²) < 4.78 is 10.4. The van der Waals surface area contributed by atoms with Crippen LogP contribution in [0.5, 0.6) is 5.75 Å². The zero-order valence-corrected chi connectivity index (χ0v) is 10.6. The molecule has 100 valence electrons. The van der Waals surface area contributed by atoms with Gasteiger partial charge in [0.05, 0.1) is 19.6 Å². The maximum Gasteiger partial charge on any atom is 0.220 e. The number of methoxy groups -OCH3 is 1. The van der Waals surface area contributed by atoms with Gasteiger partial charge in [-0.15, -0.1) is 0 Å². The highest BCUT2D eigenvalue weighted by molar-refractivity contribution is 5.73. The Balaban J connectivity index is 2.34. The third-order valence-electron chi connectivity index (χ3n) is 2.33. The van der Waals surface area contributed by atoms with E-state index in [0.29, 0.717) is 13.2 Å². The molecule has 0 aliphatic rings. The summed E-state index contributed by atoms with van der Waals surface area (Å²) in [6, 6.07) is 7.74. The fourth-order valence-electron chi connectivity index (χ4n) is 1.42. The number of carbonyl (C=O) groups excluding carboxylic acids is 1. The van der Waals surface area contributed by atoms with Crippen LogP contribution >= 0.6 is 0 Å². The van der Waals surface area contributed by atoms with Crippen LogP contribution in [0.1, 0.15) is 12.0 Å². The maximum atomic E-state index is 10.6. The zero-order chi connectivity index (χ0) is 13.2. The van der Waals surface area contributed by atoms with E-state index in [2.05, 4.69) is 5.32 Å². The van der Waals surface area contributed by atoms with E-state index >= 15 is 0 Å². The van der Waals surface area contributed by atoms with Gasteiger partial charge in [0.2, 0.25) is 5.91 Å². The largest absolute Gasteiger partial charge is 0.493 e. The smallest absolute Gasteiger partial charge is 0.220 e. The van der Waals surface area contributed by atoms with E-state index in [4.69, 9.17) is 15.2 Å². The number of primary amides is 1. The molecule has 0 atom stereocenters. The minimum absolute atomic E-state index is 0.232. The molecule has 1 aromatic carbocycles. The summed E-state index contributed by atoms with van der Waals surface area (Å²) in [5.41, 5.74) is 6.17. The number of carbonyl (C=O) groups is 1. The summed E-state index contributed by atoms with van der Waals surface area (Å²) in [6.07, 6.45) is 0.232. The predicted octanol–water partition coefficient (Wildman–Crippen LogP) is 0.677. The van der Waals surface area contributed by atoms with E-state index in [1.54, 1.807) is 7.11 Å². The Morgan fingerprint density at radius 2 is 2.22 bits per heavy atom. The second kappa shape index (κ2) is 8.49. The van der Waals surface area contributed by atoms with Gasteiger partial charge in [-0.2, -0.15) is 0 Å². The first-order valence-electron chi connectivity index (χ1n) is 5.92. The second-order valence-corrected chi connectivity index (χ2v) is 3.88. The molecular weight excluding hydrogens is 232 g/mol. The van der Waals surface area contributed by atoms with E-state index in [1.807, 2.05) is 24.3 Å². The van der Waals surface area contributed by atoms with Crippen molar-refractivity contribution in [3.05, 3.63) is 29.8 Å². The molecule has 0 saturated heterocycles. The third kappa shape index (κ3) is 6.22. The van der Waals surface area contributed by atoms with Gasteiger partial charge >= 0.3 is 0 Å². The fraction of sp³-hybridized carbons (Fsp3) is 0.462. The van der Waals surface area contributed by atoms with Crippen LogP contribution < -0.4 is 15.8 Å². The molecule has 0 unspecified atom stereocenters. The van der Waals surface area contributed by atoms with Gasteiger partial charge in [0.25, 0.3) is 0 Å². The van der Waals surface area contributed by atoms with Crippen LogP contribution in [0.15, 0.2) is 24.3 Å². The molecule has 0 aromatic heterocycles. The Kier molecular flexibility index (Phi) is 6.83. The molecule has 0 heterocycles. The molecule has 18 heavy (non-hydrogen) atoms. The number of nitrogens with one attached hydrogen (secondary N) is 1. The van der Waals surface area contributed by atoms with E-state index in [9.17, 15) is 4.79 Å². The third-order valence-corrected chi connectivity index (χ3v) is 2.33. The van der Waals surface area contributed by atoms with Crippen LogP contribution in [-0.4, -0.2) is 32.8 Å². The standard InChI is InChI=1S/C13H20N2O3/c1-17-8-6-15-10-11-3-2-4-12(9-11)18-7-5-13(14)16/h2-4,9,15H,5-8,10H2,1H3,(H2,14,16). The molecule has 5 heteroatoms. The van der Waals surface area contributed by atoms with Crippen molar-refractivity contribution >= 4 is 5.91 Å².